The molecule has 3 heteroatoms. The molecule has 3 nitrogen and oxygen atoms in total. The van der Waals surface area contributed by atoms with Crippen LogP contribution in [0.4, 0.5) is 0 Å². The van der Waals surface area contributed by atoms with E-state index in [1.807, 2.05) is 0 Å². The molecule has 0 bridgehead atoms. The second kappa shape index (κ2) is 8.52. The minimum absolute atomic E-state index is 0.241. The van der Waals surface area contributed by atoms with Crippen molar-refractivity contribution in [3.8, 4) is 0 Å². The fourth-order valence-electron chi connectivity index (χ4n) is 2.84. The molecule has 1 atom stereocenters. The lowest BCUT2D eigenvalue weighted by molar-refractivity contribution is -0.122. The Morgan fingerprint density at radius 3 is 2.50 bits per heavy atom. The summed E-state index contributed by atoms with van der Waals surface area (Å²) in [5.74, 6) is 0.965. The van der Waals surface area contributed by atoms with E-state index >= 15 is 0 Å². The Morgan fingerprint density at radius 2 is 1.94 bits per heavy atom. The minimum Gasteiger partial charge on any atom is -0.353 e. The number of carbonyl (C=O) groups excluding carboxylic acids is 1. The molecule has 0 spiro atoms. The molecule has 0 aromatic heterocycles. The lowest BCUT2D eigenvalue weighted by atomic mass is 9.84. The lowest BCUT2D eigenvalue weighted by Gasteiger charge is -2.26. The molecule has 1 amide bonds. The highest BCUT2D eigenvalue weighted by Gasteiger charge is 2.19. The summed E-state index contributed by atoms with van der Waals surface area (Å²) in [5, 5.41) is 3.15. The van der Waals surface area contributed by atoms with Crippen LogP contribution < -0.4 is 11.1 Å². The van der Waals surface area contributed by atoms with E-state index in [1.54, 1.807) is 0 Å². The van der Waals surface area contributed by atoms with Crippen LogP contribution >= 0.6 is 0 Å². The molecule has 0 saturated heterocycles. The molecular weight excluding hydrogens is 224 g/mol. The van der Waals surface area contributed by atoms with Crippen LogP contribution in [0, 0.1) is 5.92 Å². The van der Waals surface area contributed by atoms with Gasteiger partial charge in [-0.15, -0.1) is 0 Å². The van der Waals surface area contributed by atoms with Crippen molar-refractivity contribution in [3.05, 3.63) is 0 Å². The van der Waals surface area contributed by atoms with E-state index in [-0.39, 0.29) is 5.91 Å². The van der Waals surface area contributed by atoms with Crippen LogP contribution in [0.5, 0.6) is 0 Å². The van der Waals surface area contributed by atoms with Gasteiger partial charge in [-0.25, -0.2) is 0 Å². The first-order chi connectivity index (χ1) is 8.65. The number of hydrogen-bond acceptors (Lipinski definition) is 2. The van der Waals surface area contributed by atoms with Crippen molar-refractivity contribution in [1.82, 2.24) is 5.32 Å². The molecule has 0 heterocycles. The fourth-order valence-corrected chi connectivity index (χ4v) is 2.84. The monoisotopic (exact) mass is 254 g/mol. The molecule has 18 heavy (non-hydrogen) atoms. The molecule has 1 fully saturated rings. The SMILES string of the molecule is CCCC(CC)NC(=O)CCC1CCC(N)CC1. The van der Waals surface area contributed by atoms with Crippen LogP contribution in [0.15, 0.2) is 0 Å². The van der Waals surface area contributed by atoms with Crippen LogP contribution in [0.1, 0.15) is 71.6 Å². The van der Waals surface area contributed by atoms with E-state index in [9.17, 15) is 4.79 Å². The summed E-state index contributed by atoms with van der Waals surface area (Å²) < 4.78 is 0. The number of amides is 1. The van der Waals surface area contributed by atoms with Gasteiger partial charge in [0.05, 0.1) is 0 Å². The zero-order valence-corrected chi connectivity index (χ0v) is 12.1. The highest BCUT2D eigenvalue weighted by Crippen LogP contribution is 2.26. The van der Waals surface area contributed by atoms with Gasteiger partial charge in [-0.3, -0.25) is 4.79 Å². The standard InChI is InChI=1S/C15H30N2O/c1-3-5-14(4-2)17-15(18)11-8-12-6-9-13(16)10-7-12/h12-14H,3-11,16H2,1-2H3,(H,17,18). The normalized spacial score (nSPS) is 25.7. The van der Waals surface area contributed by atoms with Crippen molar-refractivity contribution in [2.45, 2.75) is 83.7 Å². The Kier molecular flexibility index (Phi) is 7.33. The summed E-state index contributed by atoms with van der Waals surface area (Å²) in [5.41, 5.74) is 5.89. The maximum absolute atomic E-state index is 11.9. The van der Waals surface area contributed by atoms with Gasteiger partial charge in [0, 0.05) is 18.5 Å². The zero-order valence-electron chi connectivity index (χ0n) is 12.1. The van der Waals surface area contributed by atoms with Crippen molar-refractivity contribution in [3.63, 3.8) is 0 Å². The Labute approximate surface area is 112 Å². The van der Waals surface area contributed by atoms with Gasteiger partial charge in [-0.05, 0) is 50.9 Å². The Morgan fingerprint density at radius 1 is 1.28 bits per heavy atom. The summed E-state index contributed by atoms with van der Waals surface area (Å²) in [6.07, 6.45) is 9.71. The van der Waals surface area contributed by atoms with Crippen molar-refractivity contribution in [2.75, 3.05) is 0 Å². The molecule has 1 aliphatic carbocycles. The molecule has 0 aromatic carbocycles. The number of nitrogens with one attached hydrogen (secondary N) is 1. The maximum atomic E-state index is 11.9. The molecule has 1 rings (SSSR count). The third-order valence-corrected chi connectivity index (χ3v) is 4.17. The molecular formula is C15H30N2O. The number of carbonyl (C=O) groups is 1. The van der Waals surface area contributed by atoms with Gasteiger partial charge in [-0.2, -0.15) is 0 Å². The van der Waals surface area contributed by atoms with Gasteiger partial charge in [-0.1, -0.05) is 20.3 Å². The van der Waals surface area contributed by atoms with Gasteiger partial charge < -0.3 is 11.1 Å². The average molecular weight is 254 g/mol. The van der Waals surface area contributed by atoms with E-state index in [1.165, 1.54) is 12.8 Å². The first kappa shape index (κ1) is 15.5. The van der Waals surface area contributed by atoms with Crippen LogP contribution in [-0.4, -0.2) is 18.0 Å². The van der Waals surface area contributed by atoms with Gasteiger partial charge >= 0.3 is 0 Å². The highest BCUT2D eigenvalue weighted by atomic mass is 16.1. The number of hydrogen-bond donors (Lipinski definition) is 2. The Hall–Kier alpha value is -0.570. The summed E-state index contributed by atoms with van der Waals surface area (Å²) in [4.78, 5) is 11.9. The molecule has 1 unspecified atom stereocenters. The third kappa shape index (κ3) is 5.85. The third-order valence-electron chi connectivity index (χ3n) is 4.17. The van der Waals surface area contributed by atoms with Gasteiger partial charge in [0.2, 0.25) is 5.91 Å². The highest BCUT2D eigenvalue weighted by molar-refractivity contribution is 5.76. The second-order valence-corrected chi connectivity index (χ2v) is 5.78. The molecule has 0 aromatic rings. The molecule has 106 valence electrons. The first-order valence-electron chi connectivity index (χ1n) is 7.70. The minimum atomic E-state index is 0.241. The van der Waals surface area contributed by atoms with Crippen LogP contribution in [0.25, 0.3) is 0 Å². The molecule has 1 saturated carbocycles. The Bertz CT molecular complexity index is 235. The molecule has 0 aliphatic heterocycles. The lowest BCUT2D eigenvalue weighted by Crippen LogP contribution is -2.34. The van der Waals surface area contributed by atoms with Gasteiger partial charge in [0.15, 0.2) is 0 Å². The maximum Gasteiger partial charge on any atom is 0.220 e. The van der Waals surface area contributed by atoms with Crippen LogP contribution in [0.2, 0.25) is 0 Å². The topological polar surface area (TPSA) is 55.1 Å². The van der Waals surface area contributed by atoms with E-state index in [2.05, 4.69) is 19.2 Å². The molecule has 0 radical (unpaired) electrons. The van der Waals surface area contributed by atoms with Crippen LogP contribution in [0.3, 0.4) is 0 Å². The van der Waals surface area contributed by atoms with E-state index in [0.29, 0.717) is 18.5 Å². The Balaban J connectivity index is 2.16. The largest absolute Gasteiger partial charge is 0.353 e. The fraction of sp³-hybridized carbons (Fsp3) is 0.933. The number of nitrogens with two attached hydrogens (primary N) is 1. The predicted molar refractivity (Wildman–Crippen MR) is 76.3 cm³/mol. The molecule has 3 N–H and O–H groups in total. The average Bonchev–Trinajstić information content (AvgIpc) is 2.37. The van der Waals surface area contributed by atoms with Crippen molar-refractivity contribution >= 4 is 5.91 Å². The van der Waals surface area contributed by atoms with Crippen LogP contribution in [-0.2, 0) is 4.79 Å². The van der Waals surface area contributed by atoms with Crippen molar-refractivity contribution in [1.29, 1.82) is 0 Å². The van der Waals surface area contributed by atoms with Crippen molar-refractivity contribution < 1.29 is 4.79 Å². The van der Waals surface area contributed by atoms with E-state index < -0.39 is 0 Å². The van der Waals surface area contributed by atoms with Gasteiger partial charge in [0.1, 0.15) is 0 Å². The zero-order chi connectivity index (χ0) is 13.4. The predicted octanol–water partition coefficient (Wildman–Crippen LogP) is 2.98. The van der Waals surface area contributed by atoms with E-state index in [4.69, 9.17) is 5.73 Å². The second-order valence-electron chi connectivity index (χ2n) is 5.78. The molecule has 1 aliphatic rings. The smallest absolute Gasteiger partial charge is 0.220 e. The van der Waals surface area contributed by atoms with E-state index in [0.717, 1.165) is 44.4 Å². The summed E-state index contributed by atoms with van der Waals surface area (Å²) in [7, 11) is 0. The first-order valence-corrected chi connectivity index (χ1v) is 7.70. The number of rotatable bonds is 7. The summed E-state index contributed by atoms with van der Waals surface area (Å²) in [6.45, 7) is 4.31. The summed E-state index contributed by atoms with van der Waals surface area (Å²) in [6, 6.07) is 0.784. The summed E-state index contributed by atoms with van der Waals surface area (Å²) >= 11 is 0. The van der Waals surface area contributed by atoms with Gasteiger partial charge in [0.25, 0.3) is 0 Å². The quantitative estimate of drug-likeness (QED) is 0.734. The van der Waals surface area contributed by atoms with Crippen molar-refractivity contribution in [2.24, 2.45) is 11.7 Å².